The maximum atomic E-state index is 12.5. The van der Waals surface area contributed by atoms with Gasteiger partial charge in [0.25, 0.3) is 0 Å². The highest BCUT2D eigenvalue weighted by atomic mass is 32.2. The Bertz CT molecular complexity index is 1160. The molecule has 0 radical (unpaired) electrons. The van der Waals surface area contributed by atoms with E-state index in [0.29, 0.717) is 11.3 Å². The average Bonchev–Trinajstić information content (AvgIpc) is 3.20. The number of hydrogen-bond acceptors (Lipinski definition) is 6. The fraction of sp³-hybridized carbons (Fsp3) is 0.304. The zero-order valence-corrected chi connectivity index (χ0v) is 19.9. The summed E-state index contributed by atoms with van der Waals surface area (Å²) in [6, 6.07) is 14.6. The molecular formula is C23H27N3O4S2. The minimum absolute atomic E-state index is 0.130. The Balaban J connectivity index is 1.59. The van der Waals surface area contributed by atoms with Crippen LogP contribution < -0.4 is 14.8 Å². The minimum atomic E-state index is -3.45. The molecule has 1 amide bonds. The maximum Gasteiger partial charge on any atom is 0.226 e. The summed E-state index contributed by atoms with van der Waals surface area (Å²) in [4.78, 5) is 17.0. The highest BCUT2D eigenvalue weighted by Gasteiger charge is 2.16. The molecule has 1 aromatic heterocycles. The third kappa shape index (κ3) is 6.88. The Hall–Kier alpha value is -2.75. The number of benzene rings is 2. The van der Waals surface area contributed by atoms with Gasteiger partial charge in [0, 0.05) is 23.5 Å². The second-order valence-electron chi connectivity index (χ2n) is 7.63. The SMILES string of the molecule is COc1ccc(-c2nc(CC(=O)NCc3ccccc3CS(=O)(=O)NC(C)C)cs2)cc1. The van der Waals surface area contributed by atoms with Gasteiger partial charge in [-0.15, -0.1) is 11.3 Å². The minimum Gasteiger partial charge on any atom is -0.497 e. The number of nitrogens with zero attached hydrogens (tertiary/aromatic N) is 1. The van der Waals surface area contributed by atoms with Crippen molar-refractivity contribution in [1.82, 2.24) is 15.0 Å². The van der Waals surface area contributed by atoms with Gasteiger partial charge in [0.2, 0.25) is 15.9 Å². The lowest BCUT2D eigenvalue weighted by atomic mass is 10.1. The first-order chi connectivity index (χ1) is 15.3. The molecule has 2 aromatic carbocycles. The molecule has 1 heterocycles. The summed E-state index contributed by atoms with van der Waals surface area (Å²) in [5.74, 6) is 0.474. The van der Waals surface area contributed by atoms with Crippen LogP contribution in [0, 0.1) is 0 Å². The van der Waals surface area contributed by atoms with E-state index in [0.717, 1.165) is 21.9 Å². The number of thiazole rings is 1. The largest absolute Gasteiger partial charge is 0.497 e. The fourth-order valence-corrected chi connectivity index (χ4v) is 5.47. The van der Waals surface area contributed by atoms with E-state index in [-0.39, 0.29) is 30.7 Å². The summed E-state index contributed by atoms with van der Waals surface area (Å²) < 4.78 is 32.3. The predicted molar refractivity (Wildman–Crippen MR) is 127 cm³/mol. The Morgan fingerprint density at radius 3 is 2.44 bits per heavy atom. The molecule has 9 heteroatoms. The van der Waals surface area contributed by atoms with Crippen molar-refractivity contribution in [2.24, 2.45) is 0 Å². The van der Waals surface area contributed by atoms with Gasteiger partial charge < -0.3 is 10.1 Å². The first-order valence-electron chi connectivity index (χ1n) is 10.2. The summed E-state index contributed by atoms with van der Waals surface area (Å²) in [5.41, 5.74) is 3.09. The molecule has 0 aliphatic rings. The van der Waals surface area contributed by atoms with Crippen molar-refractivity contribution in [1.29, 1.82) is 0 Å². The number of sulfonamides is 1. The van der Waals surface area contributed by atoms with E-state index in [1.165, 1.54) is 11.3 Å². The van der Waals surface area contributed by atoms with Gasteiger partial charge >= 0.3 is 0 Å². The zero-order chi connectivity index (χ0) is 23.1. The molecule has 0 atom stereocenters. The van der Waals surface area contributed by atoms with Crippen LogP contribution in [0.4, 0.5) is 0 Å². The number of carbonyl (C=O) groups is 1. The maximum absolute atomic E-state index is 12.5. The van der Waals surface area contributed by atoms with E-state index in [9.17, 15) is 13.2 Å². The van der Waals surface area contributed by atoms with Crippen molar-refractivity contribution in [3.63, 3.8) is 0 Å². The van der Waals surface area contributed by atoms with Crippen molar-refractivity contribution >= 4 is 27.3 Å². The van der Waals surface area contributed by atoms with E-state index in [2.05, 4.69) is 15.0 Å². The lowest BCUT2D eigenvalue weighted by Gasteiger charge is -2.13. The first-order valence-corrected chi connectivity index (χ1v) is 12.7. The van der Waals surface area contributed by atoms with Gasteiger partial charge in [0.15, 0.2) is 0 Å². The van der Waals surface area contributed by atoms with E-state index >= 15 is 0 Å². The summed E-state index contributed by atoms with van der Waals surface area (Å²) in [5, 5.41) is 5.58. The lowest BCUT2D eigenvalue weighted by molar-refractivity contribution is -0.120. The van der Waals surface area contributed by atoms with Crippen LogP contribution in [0.3, 0.4) is 0 Å². The van der Waals surface area contributed by atoms with Crippen LogP contribution >= 0.6 is 11.3 Å². The first kappa shape index (κ1) is 23.9. The molecule has 0 fully saturated rings. The second kappa shape index (κ2) is 10.7. The van der Waals surface area contributed by atoms with Gasteiger partial charge in [-0.1, -0.05) is 24.3 Å². The van der Waals surface area contributed by atoms with Crippen LogP contribution in [-0.2, 0) is 33.5 Å². The molecule has 0 unspecified atom stereocenters. The number of hydrogen-bond donors (Lipinski definition) is 2. The zero-order valence-electron chi connectivity index (χ0n) is 18.3. The number of rotatable bonds is 10. The van der Waals surface area contributed by atoms with Crippen molar-refractivity contribution < 1.29 is 17.9 Å². The third-order valence-corrected chi connectivity index (χ3v) is 7.05. The molecule has 0 spiro atoms. The van der Waals surface area contributed by atoms with E-state index in [4.69, 9.17) is 4.74 Å². The molecule has 7 nitrogen and oxygen atoms in total. The smallest absolute Gasteiger partial charge is 0.226 e. The Kier molecular flexibility index (Phi) is 8.00. The molecule has 3 aromatic rings. The molecule has 3 rings (SSSR count). The average molecular weight is 474 g/mol. The van der Waals surface area contributed by atoms with Crippen LogP contribution in [0.2, 0.25) is 0 Å². The Labute approximate surface area is 192 Å². The summed E-state index contributed by atoms with van der Waals surface area (Å²) in [7, 11) is -1.83. The van der Waals surface area contributed by atoms with Crippen molar-refractivity contribution in [3.8, 4) is 16.3 Å². The monoisotopic (exact) mass is 473 g/mol. The van der Waals surface area contributed by atoms with E-state index < -0.39 is 10.0 Å². The van der Waals surface area contributed by atoms with Gasteiger partial charge in [0.1, 0.15) is 10.8 Å². The summed E-state index contributed by atoms with van der Waals surface area (Å²) >= 11 is 1.48. The van der Waals surface area contributed by atoms with Crippen LogP contribution in [-0.4, -0.2) is 32.5 Å². The molecule has 0 aliphatic heterocycles. The van der Waals surface area contributed by atoms with Gasteiger partial charge in [-0.25, -0.2) is 18.1 Å². The quantitative estimate of drug-likeness (QED) is 0.470. The van der Waals surface area contributed by atoms with Crippen LogP contribution in [0.1, 0.15) is 30.7 Å². The summed E-state index contributed by atoms with van der Waals surface area (Å²) in [6.45, 7) is 3.81. The number of aromatic nitrogens is 1. The molecule has 170 valence electrons. The molecule has 0 bridgehead atoms. The third-order valence-electron chi connectivity index (χ3n) is 4.59. The summed E-state index contributed by atoms with van der Waals surface area (Å²) in [6.07, 6.45) is 0.155. The van der Waals surface area contributed by atoms with E-state index in [1.807, 2.05) is 41.8 Å². The Morgan fingerprint density at radius 2 is 1.78 bits per heavy atom. The number of amides is 1. The Morgan fingerprint density at radius 1 is 1.09 bits per heavy atom. The number of carbonyl (C=O) groups excluding carboxylic acids is 1. The van der Waals surface area contributed by atoms with Gasteiger partial charge in [-0.2, -0.15) is 0 Å². The topological polar surface area (TPSA) is 97.4 Å². The van der Waals surface area contributed by atoms with E-state index in [1.54, 1.807) is 33.1 Å². The molecular weight excluding hydrogens is 446 g/mol. The van der Waals surface area contributed by atoms with Gasteiger partial charge in [-0.05, 0) is 49.2 Å². The standard InChI is InChI=1S/C23H27N3O4S2/c1-16(2)26-32(28,29)15-19-7-5-4-6-18(19)13-24-22(27)12-20-14-31-23(25-20)17-8-10-21(30-3)11-9-17/h4-11,14,16,26H,12-13,15H2,1-3H3,(H,24,27). The van der Waals surface area contributed by atoms with Crippen molar-refractivity contribution in [3.05, 3.63) is 70.7 Å². The number of ether oxygens (including phenoxy) is 1. The highest BCUT2D eigenvalue weighted by Crippen LogP contribution is 2.25. The highest BCUT2D eigenvalue weighted by molar-refractivity contribution is 7.88. The second-order valence-corrected chi connectivity index (χ2v) is 10.2. The molecule has 0 saturated carbocycles. The number of methoxy groups -OCH3 is 1. The molecule has 0 aliphatic carbocycles. The van der Waals surface area contributed by atoms with Crippen LogP contribution in [0.25, 0.3) is 10.6 Å². The lowest BCUT2D eigenvalue weighted by Crippen LogP contribution is -2.32. The van der Waals surface area contributed by atoms with Crippen LogP contribution in [0.15, 0.2) is 53.9 Å². The fourth-order valence-electron chi connectivity index (χ4n) is 3.15. The molecule has 2 N–H and O–H groups in total. The predicted octanol–water partition coefficient (Wildman–Crippen LogP) is 3.51. The van der Waals surface area contributed by atoms with Crippen LogP contribution in [0.5, 0.6) is 5.75 Å². The van der Waals surface area contributed by atoms with Gasteiger partial charge in [0.05, 0.1) is 25.0 Å². The normalized spacial score (nSPS) is 11.5. The van der Waals surface area contributed by atoms with Crippen molar-refractivity contribution in [2.45, 2.75) is 38.6 Å². The molecule has 32 heavy (non-hydrogen) atoms. The number of nitrogens with one attached hydrogen (secondary N) is 2. The van der Waals surface area contributed by atoms with Crippen molar-refractivity contribution in [2.75, 3.05) is 7.11 Å². The molecule has 0 saturated heterocycles. The van der Waals surface area contributed by atoms with Gasteiger partial charge in [-0.3, -0.25) is 4.79 Å².